The summed E-state index contributed by atoms with van der Waals surface area (Å²) in [6.07, 6.45) is 3.74. The molecule has 0 saturated heterocycles. The first-order valence-electron chi connectivity index (χ1n) is 6.21. The minimum atomic E-state index is -0.962. The third-order valence-corrected chi connectivity index (χ3v) is 4.20. The third-order valence-electron chi connectivity index (χ3n) is 3.26. The average molecular weight is 269 g/mol. The van der Waals surface area contributed by atoms with Crippen molar-refractivity contribution in [1.29, 1.82) is 0 Å². The van der Waals surface area contributed by atoms with Gasteiger partial charge in [0.15, 0.2) is 4.90 Å². The van der Waals surface area contributed by atoms with Crippen LogP contribution in [0.2, 0.25) is 0 Å². The Kier molecular flexibility index (Phi) is 3.32. The van der Waals surface area contributed by atoms with Crippen LogP contribution < -0.4 is 0 Å². The van der Waals surface area contributed by atoms with Crippen LogP contribution in [0.1, 0.15) is 5.56 Å². The Morgan fingerprint density at radius 3 is 2.42 bits per heavy atom. The van der Waals surface area contributed by atoms with Crippen molar-refractivity contribution in [3.8, 4) is 0 Å². The Morgan fingerprint density at radius 1 is 1.00 bits per heavy atom. The summed E-state index contributed by atoms with van der Waals surface area (Å²) in [6.45, 7) is 0.804. The maximum Gasteiger partial charge on any atom is 0.177 e. The van der Waals surface area contributed by atoms with Crippen molar-refractivity contribution in [3.05, 3.63) is 66.4 Å². The van der Waals surface area contributed by atoms with Gasteiger partial charge < -0.3 is 9.12 Å². The molecule has 0 radical (unpaired) electrons. The first-order chi connectivity index (χ1) is 9.25. The highest BCUT2D eigenvalue weighted by molar-refractivity contribution is 7.91. The smallest absolute Gasteiger partial charge is 0.177 e. The molecule has 0 saturated carbocycles. The lowest BCUT2D eigenvalue weighted by Crippen LogP contribution is -1.98. The van der Waals surface area contributed by atoms with Gasteiger partial charge in [-0.05, 0) is 28.9 Å². The van der Waals surface area contributed by atoms with E-state index in [2.05, 4.69) is 22.8 Å². The topological polar surface area (TPSA) is 28.0 Å². The SMILES string of the molecule is C[S+]([O-])c1cn(Cc2ccccc2)c2ccccc12. The van der Waals surface area contributed by atoms with Crippen LogP contribution >= 0.6 is 0 Å². The standard InChI is InChI=1S/C16H15NOS/c1-19(18)16-12-17(11-13-7-3-2-4-8-13)15-10-6-5-9-14(15)16/h2-10,12H,11H2,1H3. The summed E-state index contributed by atoms with van der Waals surface area (Å²) in [5.74, 6) is 0. The van der Waals surface area contributed by atoms with E-state index >= 15 is 0 Å². The van der Waals surface area contributed by atoms with Crippen molar-refractivity contribution in [2.24, 2.45) is 0 Å². The van der Waals surface area contributed by atoms with Crippen molar-refractivity contribution >= 4 is 22.1 Å². The molecule has 3 heteroatoms. The number of benzene rings is 2. The van der Waals surface area contributed by atoms with Crippen LogP contribution in [0.25, 0.3) is 10.9 Å². The zero-order chi connectivity index (χ0) is 13.2. The number of rotatable bonds is 3. The quantitative estimate of drug-likeness (QED) is 0.669. The van der Waals surface area contributed by atoms with E-state index in [9.17, 15) is 4.55 Å². The molecule has 2 aromatic carbocycles. The van der Waals surface area contributed by atoms with E-state index in [4.69, 9.17) is 0 Å². The maximum atomic E-state index is 11.8. The fraction of sp³-hybridized carbons (Fsp3) is 0.125. The highest BCUT2D eigenvalue weighted by atomic mass is 32.2. The number of aromatic nitrogens is 1. The Bertz CT molecular complexity index is 688. The van der Waals surface area contributed by atoms with Gasteiger partial charge in [-0.15, -0.1) is 0 Å². The molecule has 0 amide bonds. The Hall–Kier alpha value is -1.71. The molecule has 3 rings (SSSR count). The second-order valence-electron chi connectivity index (χ2n) is 4.58. The van der Waals surface area contributed by atoms with Gasteiger partial charge in [-0.1, -0.05) is 42.5 Å². The van der Waals surface area contributed by atoms with Gasteiger partial charge in [-0.2, -0.15) is 0 Å². The molecule has 2 nitrogen and oxygen atoms in total. The van der Waals surface area contributed by atoms with E-state index < -0.39 is 11.2 Å². The van der Waals surface area contributed by atoms with Gasteiger partial charge in [0.05, 0.1) is 17.1 Å². The van der Waals surface area contributed by atoms with E-state index in [1.54, 1.807) is 6.26 Å². The minimum Gasteiger partial charge on any atom is -0.612 e. The number of hydrogen-bond acceptors (Lipinski definition) is 1. The van der Waals surface area contributed by atoms with Crippen molar-refractivity contribution in [3.63, 3.8) is 0 Å². The normalized spacial score (nSPS) is 12.7. The monoisotopic (exact) mass is 269 g/mol. The lowest BCUT2D eigenvalue weighted by atomic mass is 10.2. The molecule has 96 valence electrons. The molecule has 1 aromatic heterocycles. The number of para-hydroxylation sites is 1. The molecule has 0 spiro atoms. The molecule has 3 aromatic rings. The summed E-state index contributed by atoms with van der Waals surface area (Å²) in [5.41, 5.74) is 2.38. The molecular weight excluding hydrogens is 254 g/mol. The fourth-order valence-corrected chi connectivity index (χ4v) is 3.11. The molecule has 1 atom stereocenters. The molecule has 0 aliphatic rings. The summed E-state index contributed by atoms with van der Waals surface area (Å²) in [7, 11) is 0. The van der Waals surface area contributed by atoms with Crippen molar-refractivity contribution in [2.45, 2.75) is 11.4 Å². The Morgan fingerprint density at radius 2 is 1.68 bits per heavy atom. The Labute approximate surface area is 115 Å². The molecular formula is C16H15NOS. The van der Waals surface area contributed by atoms with Gasteiger partial charge in [0.1, 0.15) is 6.26 Å². The zero-order valence-corrected chi connectivity index (χ0v) is 11.6. The summed E-state index contributed by atoms with van der Waals surface area (Å²) in [4.78, 5) is 0.909. The van der Waals surface area contributed by atoms with Crippen molar-refractivity contribution in [1.82, 2.24) is 4.57 Å². The predicted octanol–water partition coefficient (Wildman–Crippen LogP) is 3.43. The van der Waals surface area contributed by atoms with Crippen LogP contribution in [0, 0.1) is 0 Å². The van der Waals surface area contributed by atoms with Gasteiger partial charge >= 0.3 is 0 Å². The van der Waals surface area contributed by atoms with Gasteiger partial charge in [-0.25, -0.2) is 0 Å². The highest BCUT2D eigenvalue weighted by Crippen LogP contribution is 2.25. The second-order valence-corrected chi connectivity index (χ2v) is 5.93. The summed E-state index contributed by atoms with van der Waals surface area (Å²) >= 11 is -0.962. The summed E-state index contributed by atoms with van der Waals surface area (Å²) in [5, 5.41) is 1.08. The minimum absolute atomic E-state index is 0.804. The van der Waals surface area contributed by atoms with Crippen LogP contribution in [0.5, 0.6) is 0 Å². The van der Waals surface area contributed by atoms with Crippen LogP contribution in [-0.2, 0) is 17.7 Å². The Balaban J connectivity index is 2.09. The van der Waals surface area contributed by atoms with Crippen molar-refractivity contribution < 1.29 is 4.55 Å². The molecule has 19 heavy (non-hydrogen) atoms. The molecule has 0 aliphatic heterocycles. The molecule has 0 bridgehead atoms. The molecule has 1 heterocycles. The van der Waals surface area contributed by atoms with E-state index in [1.807, 2.05) is 42.6 Å². The van der Waals surface area contributed by atoms with E-state index in [1.165, 1.54) is 5.56 Å². The summed E-state index contributed by atoms with van der Waals surface area (Å²) in [6, 6.07) is 18.4. The zero-order valence-electron chi connectivity index (χ0n) is 10.7. The van der Waals surface area contributed by atoms with E-state index in [0.717, 1.165) is 22.3 Å². The number of hydrogen-bond donors (Lipinski definition) is 0. The highest BCUT2D eigenvalue weighted by Gasteiger charge is 2.15. The molecule has 1 unspecified atom stereocenters. The first-order valence-corrected chi connectivity index (χ1v) is 7.77. The molecule has 0 N–H and O–H groups in total. The van der Waals surface area contributed by atoms with Crippen LogP contribution in [0.3, 0.4) is 0 Å². The van der Waals surface area contributed by atoms with E-state index in [-0.39, 0.29) is 0 Å². The molecule has 0 fully saturated rings. The van der Waals surface area contributed by atoms with E-state index in [0.29, 0.717) is 0 Å². The van der Waals surface area contributed by atoms with Crippen LogP contribution in [0.15, 0.2) is 65.7 Å². The van der Waals surface area contributed by atoms with Crippen LogP contribution in [-0.4, -0.2) is 15.4 Å². The summed E-state index contributed by atoms with van der Waals surface area (Å²) < 4.78 is 14.0. The average Bonchev–Trinajstić information content (AvgIpc) is 2.79. The van der Waals surface area contributed by atoms with Gasteiger partial charge in [0, 0.05) is 6.54 Å². The van der Waals surface area contributed by atoms with Crippen molar-refractivity contribution in [2.75, 3.05) is 6.26 Å². The second kappa shape index (κ2) is 5.11. The van der Waals surface area contributed by atoms with Crippen LogP contribution in [0.4, 0.5) is 0 Å². The lowest BCUT2D eigenvalue weighted by Gasteiger charge is -2.04. The third kappa shape index (κ3) is 2.39. The fourth-order valence-electron chi connectivity index (χ4n) is 2.35. The maximum absolute atomic E-state index is 11.8. The number of nitrogens with zero attached hydrogens (tertiary/aromatic N) is 1. The predicted molar refractivity (Wildman–Crippen MR) is 79.8 cm³/mol. The van der Waals surface area contributed by atoms with Gasteiger partial charge in [0.25, 0.3) is 0 Å². The first kappa shape index (κ1) is 12.3. The number of fused-ring (bicyclic) bond motifs is 1. The largest absolute Gasteiger partial charge is 0.612 e. The van der Waals surface area contributed by atoms with Gasteiger partial charge in [-0.3, -0.25) is 0 Å². The lowest BCUT2D eigenvalue weighted by molar-refractivity contribution is 0.601. The molecule has 0 aliphatic carbocycles. The van der Waals surface area contributed by atoms with Gasteiger partial charge in [0.2, 0.25) is 0 Å².